The quantitative estimate of drug-likeness (QED) is 0.352. The third kappa shape index (κ3) is 5.17. The van der Waals surface area contributed by atoms with Gasteiger partial charge in [-0.2, -0.15) is 0 Å². The van der Waals surface area contributed by atoms with E-state index in [1.165, 1.54) is 5.56 Å². The summed E-state index contributed by atoms with van der Waals surface area (Å²) >= 11 is 0. The highest BCUT2D eigenvalue weighted by atomic mass is 16.1. The van der Waals surface area contributed by atoms with E-state index >= 15 is 0 Å². The van der Waals surface area contributed by atoms with Gasteiger partial charge in [0.25, 0.3) is 5.91 Å². The molecule has 2 heterocycles. The number of rotatable bonds is 6. The van der Waals surface area contributed by atoms with Crippen molar-refractivity contribution in [1.82, 2.24) is 15.3 Å². The van der Waals surface area contributed by atoms with E-state index in [0.717, 1.165) is 33.2 Å². The van der Waals surface area contributed by atoms with Crippen LogP contribution in [0.15, 0.2) is 79.3 Å². The standard InChI is InChI=1S/C29H29N3O/c1-19(2)25-17-24-9-6-12-31-28(24)26(18-25)23-8-5-7-21(15-23)16-27(29(33)32-20(3)4)22-10-13-30-14-11-22/h5-20H,1-4H3,(H,32,33)/b27-16-. The van der Waals surface area contributed by atoms with E-state index < -0.39 is 0 Å². The minimum absolute atomic E-state index is 0.0466. The fourth-order valence-electron chi connectivity index (χ4n) is 3.88. The van der Waals surface area contributed by atoms with Crippen LogP contribution < -0.4 is 5.32 Å². The summed E-state index contributed by atoms with van der Waals surface area (Å²) in [5, 5.41) is 4.15. The maximum absolute atomic E-state index is 13.0. The first-order chi connectivity index (χ1) is 15.9. The number of nitrogens with one attached hydrogen (secondary N) is 1. The molecule has 0 fully saturated rings. The van der Waals surface area contributed by atoms with Gasteiger partial charge in [-0.25, -0.2) is 0 Å². The maximum atomic E-state index is 13.0. The second kappa shape index (κ2) is 9.78. The van der Waals surface area contributed by atoms with Crippen LogP contribution in [-0.2, 0) is 4.79 Å². The van der Waals surface area contributed by atoms with Gasteiger partial charge in [-0.05, 0) is 84.5 Å². The first kappa shape index (κ1) is 22.4. The zero-order chi connectivity index (χ0) is 23.4. The largest absolute Gasteiger partial charge is 0.350 e. The number of amides is 1. The molecule has 4 rings (SSSR count). The normalized spacial score (nSPS) is 11.9. The van der Waals surface area contributed by atoms with Crippen molar-refractivity contribution in [2.24, 2.45) is 0 Å². The van der Waals surface area contributed by atoms with E-state index in [1.54, 1.807) is 12.4 Å². The Morgan fingerprint density at radius 3 is 2.42 bits per heavy atom. The van der Waals surface area contributed by atoms with Crippen LogP contribution in [0.2, 0.25) is 0 Å². The molecule has 4 nitrogen and oxygen atoms in total. The van der Waals surface area contributed by atoms with Crippen LogP contribution in [0.3, 0.4) is 0 Å². The smallest absolute Gasteiger partial charge is 0.252 e. The fourth-order valence-corrected chi connectivity index (χ4v) is 3.88. The number of benzene rings is 2. The molecule has 4 aromatic rings. The third-order valence-corrected chi connectivity index (χ3v) is 5.56. The Balaban J connectivity index is 1.84. The van der Waals surface area contributed by atoms with Crippen molar-refractivity contribution in [3.8, 4) is 11.1 Å². The van der Waals surface area contributed by atoms with E-state index in [0.29, 0.717) is 11.5 Å². The van der Waals surface area contributed by atoms with Crippen LogP contribution in [-0.4, -0.2) is 21.9 Å². The molecule has 0 saturated heterocycles. The molecule has 0 aliphatic heterocycles. The van der Waals surface area contributed by atoms with Gasteiger partial charge in [0.05, 0.1) is 5.52 Å². The predicted molar refractivity (Wildman–Crippen MR) is 137 cm³/mol. The first-order valence-corrected chi connectivity index (χ1v) is 11.3. The molecule has 0 saturated carbocycles. The monoisotopic (exact) mass is 435 g/mol. The van der Waals surface area contributed by atoms with Crippen molar-refractivity contribution in [3.63, 3.8) is 0 Å². The van der Waals surface area contributed by atoms with Gasteiger partial charge in [0.1, 0.15) is 0 Å². The summed E-state index contributed by atoms with van der Waals surface area (Å²) in [6.45, 7) is 8.33. The number of pyridine rings is 2. The molecule has 2 aromatic heterocycles. The van der Waals surface area contributed by atoms with E-state index in [-0.39, 0.29) is 11.9 Å². The fraction of sp³-hybridized carbons (Fsp3) is 0.207. The third-order valence-electron chi connectivity index (χ3n) is 5.56. The second-order valence-corrected chi connectivity index (χ2v) is 8.85. The van der Waals surface area contributed by atoms with E-state index in [2.05, 4.69) is 59.5 Å². The Bertz CT molecular complexity index is 1310. The highest BCUT2D eigenvalue weighted by molar-refractivity contribution is 6.24. The summed E-state index contributed by atoms with van der Waals surface area (Å²) in [7, 11) is 0. The number of carbonyl (C=O) groups excluding carboxylic acids is 1. The molecule has 0 aliphatic carbocycles. The van der Waals surface area contributed by atoms with Crippen LogP contribution in [0.1, 0.15) is 50.3 Å². The van der Waals surface area contributed by atoms with Gasteiger partial charge in [0.15, 0.2) is 0 Å². The molecule has 33 heavy (non-hydrogen) atoms. The maximum Gasteiger partial charge on any atom is 0.252 e. The van der Waals surface area contributed by atoms with Gasteiger partial charge in [-0.1, -0.05) is 38.1 Å². The lowest BCUT2D eigenvalue weighted by molar-refractivity contribution is -0.116. The number of fused-ring (bicyclic) bond motifs is 1. The van der Waals surface area contributed by atoms with Crippen LogP contribution in [0.4, 0.5) is 0 Å². The number of carbonyl (C=O) groups is 1. The van der Waals surface area contributed by atoms with Crippen molar-refractivity contribution in [3.05, 3.63) is 95.9 Å². The minimum Gasteiger partial charge on any atom is -0.350 e. The zero-order valence-corrected chi connectivity index (χ0v) is 19.5. The number of aromatic nitrogens is 2. The molecular weight excluding hydrogens is 406 g/mol. The van der Waals surface area contributed by atoms with Crippen molar-refractivity contribution in [2.75, 3.05) is 0 Å². The zero-order valence-electron chi connectivity index (χ0n) is 19.5. The Morgan fingerprint density at radius 2 is 1.70 bits per heavy atom. The van der Waals surface area contributed by atoms with Gasteiger partial charge in [0.2, 0.25) is 0 Å². The molecule has 0 aliphatic rings. The van der Waals surface area contributed by atoms with Crippen molar-refractivity contribution in [1.29, 1.82) is 0 Å². The van der Waals surface area contributed by atoms with E-state index in [1.807, 2.05) is 56.5 Å². The van der Waals surface area contributed by atoms with Gasteiger partial charge < -0.3 is 5.32 Å². The molecule has 0 bridgehead atoms. The van der Waals surface area contributed by atoms with Gasteiger partial charge in [-0.15, -0.1) is 0 Å². The van der Waals surface area contributed by atoms with Crippen LogP contribution in [0.25, 0.3) is 33.7 Å². The Hall–Kier alpha value is -3.79. The Morgan fingerprint density at radius 1 is 0.909 bits per heavy atom. The predicted octanol–water partition coefficient (Wildman–Crippen LogP) is 6.49. The summed E-state index contributed by atoms with van der Waals surface area (Å²) in [6, 6.07) is 20.6. The molecule has 1 N–H and O–H groups in total. The summed E-state index contributed by atoms with van der Waals surface area (Å²) < 4.78 is 0. The van der Waals surface area contributed by atoms with Crippen molar-refractivity contribution < 1.29 is 4.79 Å². The summed E-state index contributed by atoms with van der Waals surface area (Å²) in [5.41, 5.74) is 6.84. The van der Waals surface area contributed by atoms with E-state index in [9.17, 15) is 4.79 Å². The summed E-state index contributed by atoms with van der Waals surface area (Å²) in [5.74, 6) is 0.310. The Kier molecular flexibility index (Phi) is 6.64. The highest BCUT2D eigenvalue weighted by Gasteiger charge is 2.14. The SMILES string of the molecule is CC(C)NC(=O)/C(=C\c1cccc(-c2cc(C(C)C)cc3cccnc23)c1)c1ccncc1. The number of hydrogen-bond acceptors (Lipinski definition) is 3. The van der Waals surface area contributed by atoms with Crippen LogP contribution in [0.5, 0.6) is 0 Å². The molecule has 4 heteroatoms. The minimum atomic E-state index is -0.101. The molecule has 2 aromatic carbocycles. The van der Waals surface area contributed by atoms with Crippen LogP contribution in [0, 0.1) is 0 Å². The average Bonchev–Trinajstić information content (AvgIpc) is 2.82. The van der Waals surface area contributed by atoms with Gasteiger partial charge in [0, 0.05) is 41.2 Å². The highest BCUT2D eigenvalue weighted by Crippen LogP contribution is 2.32. The van der Waals surface area contributed by atoms with Crippen LogP contribution >= 0.6 is 0 Å². The molecular formula is C29H29N3O. The number of nitrogens with zero attached hydrogens (tertiary/aromatic N) is 2. The van der Waals surface area contributed by atoms with Crippen molar-refractivity contribution in [2.45, 2.75) is 39.7 Å². The molecule has 0 unspecified atom stereocenters. The molecule has 0 radical (unpaired) electrons. The lowest BCUT2D eigenvalue weighted by Crippen LogP contribution is -2.30. The molecule has 1 amide bonds. The lowest BCUT2D eigenvalue weighted by Gasteiger charge is -2.14. The first-order valence-electron chi connectivity index (χ1n) is 11.3. The molecule has 0 spiro atoms. The van der Waals surface area contributed by atoms with Gasteiger partial charge >= 0.3 is 0 Å². The molecule has 0 atom stereocenters. The van der Waals surface area contributed by atoms with E-state index in [4.69, 9.17) is 0 Å². The van der Waals surface area contributed by atoms with Gasteiger partial charge in [-0.3, -0.25) is 14.8 Å². The molecule has 166 valence electrons. The topological polar surface area (TPSA) is 54.9 Å². The summed E-state index contributed by atoms with van der Waals surface area (Å²) in [4.78, 5) is 21.8. The lowest BCUT2D eigenvalue weighted by atomic mass is 9.93. The summed E-state index contributed by atoms with van der Waals surface area (Å²) in [6.07, 6.45) is 7.19. The second-order valence-electron chi connectivity index (χ2n) is 8.85. The average molecular weight is 436 g/mol. The Labute approximate surface area is 195 Å². The number of hydrogen-bond donors (Lipinski definition) is 1. The van der Waals surface area contributed by atoms with Crippen molar-refractivity contribution >= 4 is 28.5 Å².